The molecule has 0 aromatic heterocycles. The van der Waals surface area contributed by atoms with Crippen LogP contribution in [0.3, 0.4) is 0 Å². The number of amides is 1. The molecular weight excluding hydrogens is 298 g/mol. The summed E-state index contributed by atoms with van der Waals surface area (Å²) < 4.78 is 11.3. The lowest BCUT2D eigenvalue weighted by molar-refractivity contribution is -0.197. The van der Waals surface area contributed by atoms with Crippen molar-refractivity contribution in [3.05, 3.63) is 35.9 Å². The van der Waals surface area contributed by atoms with Gasteiger partial charge in [0.2, 0.25) is 0 Å². The van der Waals surface area contributed by atoms with Gasteiger partial charge in [-0.3, -0.25) is 4.79 Å². The summed E-state index contributed by atoms with van der Waals surface area (Å²) >= 11 is 0. The van der Waals surface area contributed by atoms with Crippen molar-refractivity contribution in [2.75, 3.05) is 6.61 Å². The van der Waals surface area contributed by atoms with Crippen LogP contribution in [0.15, 0.2) is 30.3 Å². The van der Waals surface area contributed by atoms with Crippen LogP contribution in [0.4, 0.5) is 0 Å². The van der Waals surface area contributed by atoms with Crippen molar-refractivity contribution in [3.63, 3.8) is 0 Å². The molecular formula is C17H23NO5. The number of carbonyl (C=O) groups excluding carboxylic acids is 1. The van der Waals surface area contributed by atoms with Crippen molar-refractivity contribution in [2.45, 2.75) is 51.0 Å². The van der Waals surface area contributed by atoms with E-state index < -0.39 is 30.3 Å². The zero-order chi connectivity index (χ0) is 16.7. The summed E-state index contributed by atoms with van der Waals surface area (Å²) in [7, 11) is 0. The lowest BCUT2D eigenvalue weighted by atomic mass is 10.1. The summed E-state index contributed by atoms with van der Waals surface area (Å²) in [5.74, 6) is -1.54. The number of rotatable bonds is 7. The molecule has 3 atom stereocenters. The van der Waals surface area contributed by atoms with Gasteiger partial charge in [-0.15, -0.1) is 0 Å². The number of hydrogen-bond donors (Lipinski definition) is 2. The first-order chi connectivity index (χ1) is 11.1. The molecule has 0 saturated carbocycles. The summed E-state index contributed by atoms with van der Waals surface area (Å²) in [5.41, 5.74) is 0.419. The van der Waals surface area contributed by atoms with Crippen LogP contribution in [0.1, 0.15) is 43.0 Å². The summed E-state index contributed by atoms with van der Waals surface area (Å²) in [6, 6.07) is 7.42. The van der Waals surface area contributed by atoms with E-state index in [-0.39, 0.29) is 0 Å². The van der Waals surface area contributed by atoms with E-state index >= 15 is 0 Å². The topological polar surface area (TPSA) is 84.9 Å². The largest absolute Gasteiger partial charge is 0.480 e. The Kier molecular flexibility index (Phi) is 6.55. The number of nitrogens with one attached hydrogen (secondary N) is 1. The average molecular weight is 321 g/mol. The SMILES string of the molecule is CC[C@@H](OC1CCCCO1)C(NC(=O)c1ccccc1)C(=O)O. The van der Waals surface area contributed by atoms with Crippen molar-refractivity contribution >= 4 is 11.9 Å². The Hall–Kier alpha value is -1.92. The molecule has 2 rings (SSSR count). The molecule has 126 valence electrons. The molecule has 1 saturated heterocycles. The molecule has 1 aromatic rings. The minimum Gasteiger partial charge on any atom is -0.480 e. The van der Waals surface area contributed by atoms with E-state index in [2.05, 4.69) is 5.32 Å². The summed E-state index contributed by atoms with van der Waals surface area (Å²) in [4.78, 5) is 23.8. The van der Waals surface area contributed by atoms with Gasteiger partial charge in [0.25, 0.3) is 5.91 Å². The summed E-state index contributed by atoms with van der Waals surface area (Å²) in [5, 5.41) is 12.0. The molecule has 2 unspecified atom stereocenters. The third kappa shape index (κ3) is 5.04. The van der Waals surface area contributed by atoms with Crippen molar-refractivity contribution in [1.82, 2.24) is 5.32 Å². The Bertz CT molecular complexity index is 513. The number of carboxylic acids is 1. The number of benzene rings is 1. The van der Waals surface area contributed by atoms with Gasteiger partial charge in [-0.05, 0) is 37.8 Å². The van der Waals surface area contributed by atoms with Gasteiger partial charge >= 0.3 is 5.97 Å². The molecule has 0 aliphatic carbocycles. The zero-order valence-corrected chi connectivity index (χ0v) is 13.2. The highest BCUT2D eigenvalue weighted by Gasteiger charge is 2.32. The molecule has 6 nitrogen and oxygen atoms in total. The van der Waals surface area contributed by atoms with E-state index in [4.69, 9.17) is 9.47 Å². The van der Waals surface area contributed by atoms with Gasteiger partial charge in [0, 0.05) is 12.2 Å². The van der Waals surface area contributed by atoms with Gasteiger partial charge in [-0.25, -0.2) is 4.79 Å². The monoisotopic (exact) mass is 321 g/mol. The molecule has 2 N–H and O–H groups in total. The van der Waals surface area contributed by atoms with E-state index in [0.717, 1.165) is 19.3 Å². The van der Waals surface area contributed by atoms with E-state index in [9.17, 15) is 14.7 Å². The molecule has 1 aliphatic rings. The normalized spacial score (nSPS) is 20.5. The van der Waals surface area contributed by atoms with Crippen LogP contribution in [0.2, 0.25) is 0 Å². The van der Waals surface area contributed by atoms with E-state index in [1.165, 1.54) is 0 Å². The first kappa shape index (κ1) is 17.4. The Morgan fingerprint density at radius 3 is 2.65 bits per heavy atom. The predicted molar refractivity (Wildman–Crippen MR) is 84.1 cm³/mol. The van der Waals surface area contributed by atoms with Crippen LogP contribution in [0.5, 0.6) is 0 Å². The molecule has 1 aromatic carbocycles. The van der Waals surface area contributed by atoms with E-state index in [0.29, 0.717) is 18.6 Å². The fourth-order valence-electron chi connectivity index (χ4n) is 2.55. The number of carboxylic acid groups (broad SMARTS) is 1. The summed E-state index contributed by atoms with van der Waals surface area (Å²) in [6.07, 6.45) is 2.16. The van der Waals surface area contributed by atoms with Crippen LogP contribution in [-0.4, -0.2) is 42.0 Å². The first-order valence-electron chi connectivity index (χ1n) is 7.97. The lowest BCUT2D eigenvalue weighted by Gasteiger charge is -2.30. The van der Waals surface area contributed by atoms with Gasteiger partial charge in [0.05, 0.1) is 6.10 Å². The van der Waals surface area contributed by atoms with Crippen LogP contribution >= 0.6 is 0 Å². The van der Waals surface area contributed by atoms with Gasteiger partial charge in [-0.1, -0.05) is 25.1 Å². The average Bonchev–Trinajstić information content (AvgIpc) is 2.59. The van der Waals surface area contributed by atoms with Crippen molar-refractivity contribution in [2.24, 2.45) is 0 Å². The fraction of sp³-hybridized carbons (Fsp3) is 0.529. The van der Waals surface area contributed by atoms with Crippen molar-refractivity contribution in [3.8, 4) is 0 Å². The second kappa shape index (κ2) is 8.64. The van der Waals surface area contributed by atoms with Gasteiger partial charge in [0.1, 0.15) is 0 Å². The number of hydrogen-bond acceptors (Lipinski definition) is 4. The number of carbonyl (C=O) groups is 2. The smallest absolute Gasteiger partial charge is 0.328 e. The highest BCUT2D eigenvalue weighted by atomic mass is 16.7. The van der Waals surface area contributed by atoms with Gasteiger partial charge < -0.3 is 19.9 Å². The zero-order valence-electron chi connectivity index (χ0n) is 13.2. The molecule has 1 amide bonds. The first-order valence-corrected chi connectivity index (χ1v) is 7.97. The Balaban J connectivity index is 2.02. The third-order valence-corrected chi connectivity index (χ3v) is 3.83. The predicted octanol–water partition coefficient (Wildman–Crippen LogP) is 2.19. The second-order valence-corrected chi connectivity index (χ2v) is 5.53. The molecule has 23 heavy (non-hydrogen) atoms. The maximum absolute atomic E-state index is 12.2. The molecule has 1 heterocycles. The quantitative estimate of drug-likeness (QED) is 0.804. The van der Waals surface area contributed by atoms with Gasteiger partial charge in [-0.2, -0.15) is 0 Å². The van der Waals surface area contributed by atoms with Crippen LogP contribution < -0.4 is 5.32 Å². The minimum absolute atomic E-state index is 0.399. The van der Waals surface area contributed by atoms with Crippen molar-refractivity contribution < 1.29 is 24.2 Å². The lowest BCUT2D eigenvalue weighted by Crippen LogP contribution is -2.51. The maximum atomic E-state index is 12.2. The third-order valence-electron chi connectivity index (χ3n) is 3.83. The Morgan fingerprint density at radius 1 is 1.35 bits per heavy atom. The standard InChI is InChI=1S/C17H23NO5/c1-2-13(23-14-10-6-7-11-22-14)15(17(20)21)18-16(19)12-8-4-3-5-9-12/h3-5,8-9,13-15H,2,6-7,10-11H2,1H3,(H,18,19)(H,20,21)/t13-,14?,15?/m1/s1. The summed E-state index contributed by atoms with van der Waals surface area (Å²) in [6.45, 7) is 2.45. The highest BCUT2D eigenvalue weighted by molar-refractivity contribution is 5.96. The van der Waals surface area contributed by atoms with Crippen LogP contribution in [0, 0.1) is 0 Å². The molecule has 1 fully saturated rings. The minimum atomic E-state index is -1.11. The highest BCUT2D eigenvalue weighted by Crippen LogP contribution is 2.18. The Labute approximate surface area is 135 Å². The molecule has 0 radical (unpaired) electrons. The molecule has 0 bridgehead atoms. The van der Waals surface area contributed by atoms with Crippen LogP contribution in [-0.2, 0) is 14.3 Å². The Morgan fingerprint density at radius 2 is 2.09 bits per heavy atom. The van der Waals surface area contributed by atoms with E-state index in [1.54, 1.807) is 30.3 Å². The number of aliphatic carboxylic acids is 1. The maximum Gasteiger partial charge on any atom is 0.328 e. The number of ether oxygens (including phenoxy) is 2. The van der Waals surface area contributed by atoms with E-state index in [1.807, 2.05) is 6.92 Å². The van der Waals surface area contributed by atoms with Gasteiger partial charge in [0.15, 0.2) is 12.3 Å². The molecule has 0 spiro atoms. The second-order valence-electron chi connectivity index (χ2n) is 5.53. The molecule has 1 aliphatic heterocycles. The fourth-order valence-corrected chi connectivity index (χ4v) is 2.55. The van der Waals surface area contributed by atoms with Crippen molar-refractivity contribution in [1.29, 1.82) is 0 Å². The van der Waals surface area contributed by atoms with Crippen LogP contribution in [0.25, 0.3) is 0 Å². The molecule has 6 heteroatoms.